The Morgan fingerprint density at radius 3 is 2.72 bits per heavy atom. The fourth-order valence-corrected chi connectivity index (χ4v) is 3.47. The minimum atomic E-state index is -0.263. The molecule has 1 saturated heterocycles. The lowest BCUT2D eigenvalue weighted by atomic mass is 9.89. The summed E-state index contributed by atoms with van der Waals surface area (Å²) < 4.78 is 1.87. The van der Waals surface area contributed by atoms with Crippen molar-refractivity contribution in [1.82, 2.24) is 20.4 Å². The number of hydrogen-bond donors (Lipinski definition) is 3. The molecule has 5 nitrogen and oxygen atoms in total. The highest BCUT2D eigenvalue weighted by Gasteiger charge is 2.26. The van der Waals surface area contributed by atoms with Gasteiger partial charge in [-0.3, -0.25) is 0 Å². The Morgan fingerprint density at radius 2 is 2.08 bits per heavy atom. The molecule has 1 aromatic heterocycles. The summed E-state index contributed by atoms with van der Waals surface area (Å²) in [5, 5.41) is 22.1. The highest BCUT2D eigenvalue weighted by Crippen LogP contribution is 2.27. The standard InChI is InChI=1S/C19H27ClN4O/c1-19(2,3)18-14(10-21-8-13-9-22-11-17(13)25)12-24(23-18)16-7-5-4-6-15(16)20/h4-7,12-13,17,21-22,25H,8-11H2,1-3H3. The lowest BCUT2D eigenvalue weighted by molar-refractivity contribution is 0.146. The van der Waals surface area contributed by atoms with Crippen molar-refractivity contribution in [2.75, 3.05) is 19.6 Å². The van der Waals surface area contributed by atoms with Crippen LogP contribution in [0.25, 0.3) is 5.69 Å². The average Bonchev–Trinajstić information content (AvgIpc) is 3.14. The van der Waals surface area contributed by atoms with Gasteiger partial charge in [0.15, 0.2) is 0 Å². The van der Waals surface area contributed by atoms with Crippen LogP contribution in [0.5, 0.6) is 0 Å². The molecular weight excluding hydrogens is 336 g/mol. The second-order valence-corrected chi connectivity index (χ2v) is 8.17. The molecule has 1 aromatic carbocycles. The molecule has 0 spiro atoms. The van der Waals surface area contributed by atoms with Crippen LogP contribution in [-0.2, 0) is 12.0 Å². The van der Waals surface area contributed by atoms with Crippen LogP contribution in [0.1, 0.15) is 32.0 Å². The highest BCUT2D eigenvalue weighted by molar-refractivity contribution is 6.32. The minimum Gasteiger partial charge on any atom is -0.391 e. The van der Waals surface area contributed by atoms with Gasteiger partial charge in [0.1, 0.15) is 0 Å². The summed E-state index contributed by atoms with van der Waals surface area (Å²) >= 11 is 6.33. The Labute approximate surface area is 154 Å². The molecule has 0 amide bonds. The van der Waals surface area contributed by atoms with Crippen molar-refractivity contribution in [2.45, 2.75) is 38.8 Å². The third kappa shape index (κ3) is 4.23. The number of hydrogen-bond acceptors (Lipinski definition) is 4. The number of β-amino-alcohol motifs (C(OH)–C–C–N with tert-alkyl or cyclic N) is 1. The quantitative estimate of drug-likeness (QED) is 0.764. The predicted octanol–water partition coefficient (Wildman–Crippen LogP) is 2.49. The van der Waals surface area contributed by atoms with Gasteiger partial charge in [-0.25, -0.2) is 4.68 Å². The fraction of sp³-hybridized carbons (Fsp3) is 0.526. The Balaban J connectivity index is 1.79. The van der Waals surface area contributed by atoms with E-state index in [4.69, 9.17) is 16.7 Å². The monoisotopic (exact) mass is 362 g/mol. The molecule has 136 valence electrons. The van der Waals surface area contributed by atoms with Crippen LogP contribution in [-0.4, -0.2) is 40.6 Å². The Morgan fingerprint density at radius 1 is 1.32 bits per heavy atom. The van der Waals surface area contributed by atoms with E-state index in [0.29, 0.717) is 11.6 Å². The molecule has 0 radical (unpaired) electrons. The topological polar surface area (TPSA) is 62.1 Å². The largest absolute Gasteiger partial charge is 0.391 e. The second-order valence-electron chi connectivity index (χ2n) is 7.77. The molecule has 1 aliphatic heterocycles. The van der Waals surface area contributed by atoms with Crippen molar-refractivity contribution in [3.63, 3.8) is 0 Å². The summed E-state index contributed by atoms with van der Waals surface area (Å²) in [5.41, 5.74) is 3.05. The number of nitrogens with zero attached hydrogens (tertiary/aromatic N) is 2. The van der Waals surface area contributed by atoms with Crippen molar-refractivity contribution < 1.29 is 5.11 Å². The first-order valence-electron chi connectivity index (χ1n) is 8.79. The van der Waals surface area contributed by atoms with E-state index in [9.17, 15) is 5.11 Å². The maximum atomic E-state index is 9.92. The molecule has 2 unspecified atom stereocenters. The third-order valence-electron chi connectivity index (χ3n) is 4.63. The SMILES string of the molecule is CC(C)(C)c1nn(-c2ccccc2Cl)cc1CNCC1CNCC1O. The first-order chi connectivity index (χ1) is 11.9. The number of aliphatic hydroxyl groups excluding tert-OH is 1. The van der Waals surface area contributed by atoms with E-state index in [1.807, 2.05) is 28.9 Å². The molecule has 3 rings (SSSR count). The van der Waals surface area contributed by atoms with Gasteiger partial charge in [-0.2, -0.15) is 5.10 Å². The van der Waals surface area contributed by atoms with Gasteiger partial charge in [0.2, 0.25) is 0 Å². The summed E-state index contributed by atoms with van der Waals surface area (Å²) in [5.74, 6) is 0.261. The number of para-hydroxylation sites is 1. The van der Waals surface area contributed by atoms with E-state index in [2.05, 4.69) is 37.6 Å². The summed E-state index contributed by atoms with van der Waals surface area (Å²) in [4.78, 5) is 0. The van der Waals surface area contributed by atoms with E-state index in [-0.39, 0.29) is 17.4 Å². The predicted molar refractivity (Wildman–Crippen MR) is 101 cm³/mol. The molecule has 0 saturated carbocycles. The van der Waals surface area contributed by atoms with Crippen LogP contribution in [0.3, 0.4) is 0 Å². The van der Waals surface area contributed by atoms with Crippen molar-refractivity contribution in [3.05, 3.63) is 46.7 Å². The molecule has 1 fully saturated rings. The Kier molecular flexibility index (Phi) is 5.49. The number of halogens is 1. The van der Waals surface area contributed by atoms with Crippen molar-refractivity contribution in [2.24, 2.45) is 5.92 Å². The van der Waals surface area contributed by atoms with Crippen LogP contribution in [0.15, 0.2) is 30.5 Å². The molecule has 3 N–H and O–H groups in total. The zero-order valence-corrected chi connectivity index (χ0v) is 15.8. The molecule has 0 bridgehead atoms. The molecule has 0 aliphatic carbocycles. The zero-order valence-electron chi connectivity index (χ0n) is 15.1. The van der Waals surface area contributed by atoms with E-state index in [1.54, 1.807) is 0 Å². The van der Waals surface area contributed by atoms with Gasteiger partial charge < -0.3 is 15.7 Å². The minimum absolute atomic E-state index is 0.0576. The second kappa shape index (κ2) is 7.46. The maximum absolute atomic E-state index is 9.92. The van der Waals surface area contributed by atoms with Crippen LogP contribution in [0, 0.1) is 5.92 Å². The maximum Gasteiger partial charge on any atom is 0.0831 e. The van der Waals surface area contributed by atoms with Crippen LogP contribution < -0.4 is 10.6 Å². The van der Waals surface area contributed by atoms with Gasteiger partial charge in [-0.1, -0.05) is 44.5 Å². The van der Waals surface area contributed by atoms with Gasteiger partial charge in [-0.05, 0) is 12.1 Å². The molecule has 2 atom stereocenters. The van der Waals surface area contributed by atoms with Gasteiger partial charge in [-0.15, -0.1) is 0 Å². The Hall–Kier alpha value is -1.40. The molecular formula is C19H27ClN4O. The normalized spacial score (nSPS) is 21.0. The van der Waals surface area contributed by atoms with Crippen LogP contribution in [0.4, 0.5) is 0 Å². The fourth-order valence-electron chi connectivity index (χ4n) is 3.25. The number of aliphatic hydroxyl groups is 1. The van der Waals surface area contributed by atoms with Crippen LogP contribution in [0.2, 0.25) is 5.02 Å². The summed E-state index contributed by atoms with van der Waals surface area (Å²) in [6.45, 7) is 9.56. The lowest BCUT2D eigenvalue weighted by Crippen LogP contribution is -2.30. The smallest absolute Gasteiger partial charge is 0.0831 e. The Bertz CT molecular complexity index is 722. The van der Waals surface area contributed by atoms with E-state index >= 15 is 0 Å². The first-order valence-corrected chi connectivity index (χ1v) is 9.17. The summed E-state index contributed by atoms with van der Waals surface area (Å²) in [7, 11) is 0. The first kappa shape index (κ1) is 18.4. The summed E-state index contributed by atoms with van der Waals surface area (Å²) in [6.07, 6.45) is 1.79. The molecule has 6 heteroatoms. The average molecular weight is 363 g/mol. The number of benzene rings is 1. The third-order valence-corrected chi connectivity index (χ3v) is 4.95. The van der Waals surface area contributed by atoms with E-state index < -0.39 is 0 Å². The lowest BCUT2D eigenvalue weighted by Gasteiger charge is -2.18. The molecule has 2 heterocycles. The number of nitrogens with one attached hydrogen (secondary N) is 2. The van der Waals surface area contributed by atoms with Gasteiger partial charge in [0, 0.05) is 49.3 Å². The van der Waals surface area contributed by atoms with Gasteiger partial charge in [0.25, 0.3) is 0 Å². The molecule has 2 aromatic rings. The van der Waals surface area contributed by atoms with Crippen LogP contribution >= 0.6 is 11.6 Å². The van der Waals surface area contributed by atoms with Crippen molar-refractivity contribution in [1.29, 1.82) is 0 Å². The molecule has 25 heavy (non-hydrogen) atoms. The highest BCUT2D eigenvalue weighted by atomic mass is 35.5. The number of rotatable bonds is 5. The molecule has 1 aliphatic rings. The number of aromatic nitrogens is 2. The zero-order chi connectivity index (χ0) is 18.0. The van der Waals surface area contributed by atoms with E-state index in [1.165, 1.54) is 0 Å². The van der Waals surface area contributed by atoms with Crippen molar-refractivity contribution >= 4 is 11.6 Å². The summed E-state index contributed by atoms with van der Waals surface area (Å²) in [6, 6.07) is 7.73. The van der Waals surface area contributed by atoms with Gasteiger partial charge in [0.05, 0.1) is 22.5 Å². The van der Waals surface area contributed by atoms with Crippen molar-refractivity contribution in [3.8, 4) is 5.69 Å². The van der Waals surface area contributed by atoms with E-state index in [0.717, 1.165) is 36.6 Å². The van der Waals surface area contributed by atoms with Gasteiger partial charge >= 0.3 is 0 Å².